The average molecular weight is 126 g/mol. The van der Waals surface area contributed by atoms with Crippen LogP contribution in [0.15, 0.2) is 12.1 Å². The SMILES string of the molecule is Nc1cc(O)cc(O)n1. The second-order valence-electron chi connectivity index (χ2n) is 1.61. The van der Waals surface area contributed by atoms with Crippen LogP contribution in [0.4, 0.5) is 5.82 Å². The highest BCUT2D eigenvalue weighted by Gasteiger charge is 1.94. The zero-order valence-corrected chi connectivity index (χ0v) is 4.57. The first-order chi connectivity index (χ1) is 4.18. The van der Waals surface area contributed by atoms with Gasteiger partial charge in [0.25, 0.3) is 0 Å². The molecule has 1 heterocycles. The maximum atomic E-state index is 8.71. The maximum Gasteiger partial charge on any atom is 0.216 e. The lowest BCUT2D eigenvalue weighted by molar-refractivity contribution is 0.436. The molecule has 0 fully saturated rings. The Hall–Kier alpha value is -1.45. The Morgan fingerprint density at radius 3 is 2.44 bits per heavy atom. The van der Waals surface area contributed by atoms with E-state index in [1.54, 1.807) is 0 Å². The Morgan fingerprint density at radius 2 is 2.00 bits per heavy atom. The monoisotopic (exact) mass is 126 g/mol. The van der Waals surface area contributed by atoms with E-state index in [9.17, 15) is 0 Å². The molecule has 1 aromatic rings. The highest BCUT2D eigenvalue weighted by Crippen LogP contribution is 2.16. The third-order valence-electron chi connectivity index (χ3n) is 0.816. The van der Waals surface area contributed by atoms with Crippen molar-refractivity contribution in [3.05, 3.63) is 12.1 Å². The number of aromatic hydroxyl groups is 2. The van der Waals surface area contributed by atoms with Gasteiger partial charge >= 0.3 is 0 Å². The van der Waals surface area contributed by atoms with Crippen LogP contribution in [-0.4, -0.2) is 15.2 Å². The smallest absolute Gasteiger partial charge is 0.216 e. The van der Waals surface area contributed by atoms with Crippen molar-refractivity contribution >= 4 is 5.82 Å². The zero-order valence-electron chi connectivity index (χ0n) is 4.57. The predicted octanol–water partition coefficient (Wildman–Crippen LogP) is 0.0750. The van der Waals surface area contributed by atoms with Crippen LogP contribution in [0, 0.1) is 0 Å². The summed E-state index contributed by atoms with van der Waals surface area (Å²) in [4.78, 5) is 3.41. The van der Waals surface area contributed by atoms with E-state index in [-0.39, 0.29) is 17.4 Å². The van der Waals surface area contributed by atoms with Crippen LogP contribution in [-0.2, 0) is 0 Å². The first-order valence-electron chi connectivity index (χ1n) is 2.34. The largest absolute Gasteiger partial charge is 0.508 e. The lowest BCUT2D eigenvalue weighted by Gasteiger charge is -1.93. The van der Waals surface area contributed by atoms with Crippen LogP contribution in [0.2, 0.25) is 0 Å². The summed E-state index contributed by atoms with van der Waals surface area (Å²) < 4.78 is 0. The molecule has 0 radical (unpaired) electrons. The molecule has 0 unspecified atom stereocenters. The molecule has 0 bridgehead atoms. The molecule has 0 amide bonds. The van der Waals surface area contributed by atoms with Gasteiger partial charge in [-0.2, -0.15) is 4.98 Å². The summed E-state index contributed by atoms with van der Waals surface area (Å²) in [6.07, 6.45) is 0. The van der Waals surface area contributed by atoms with Crippen LogP contribution >= 0.6 is 0 Å². The molecule has 4 heteroatoms. The van der Waals surface area contributed by atoms with E-state index < -0.39 is 0 Å². The molecular weight excluding hydrogens is 120 g/mol. The van der Waals surface area contributed by atoms with E-state index in [1.807, 2.05) is 0 Å². The van der Waals surface area contributed by atoms with Gasteiger partial charge in [0.05, 0.1) is 0 Å². The molecule has 9 heavy (non-hydrogen) atoms. The van der Waals surface area contributed by atoms with Crippen molar-refractivity contribution in [3.63, 3.8) is 0 Å². The van der Waals surface area contributed by atoms with E-state index in [2.05, 4.69) is 4.98 Å². The summed E-state index contributed by atoms with van der Waals surface area (Å²) in [5, 5.41) is 17.4. The van der Waals surface area contributed by atoms with Gasteiger partial charge in [-0.15, -0.1) is 0 Å². The van der Waals surface area contributed by atoms with Gasteiger partial charge in [0.2, 0.25) is 5.88 Å². The quantitative estimate of drug-likeness (QED) is 0.459. The Bertz CT molecular complexity index is 174. The number of rotatable bonds is 0. The van der Waals surface area contributed by atoms with Crippen molar-refractivity contribution in [2.24, 2.45) is 0 Å². The zero-order chi connectivity index (χ0) is 6.85. The highest BCUT2D eigenvalue weighted by atomic mass is 16.3. The van der Waals surface area contributed by atoms with Gasteiger partial charge in [0, 0.05) is 12.1 Å². The average Bonchev–Trinajstić information content (AvgIpc) is 1.59. The fourth-order valence-electron chi connectivity index (χ4n) is 0.522. The summed E-state index contributed by atoms with van der Waals surface area (Å²) in [6.45, 7) is 0. The molecular formula is C5H6N2O2. The number of pyridine rings is 1. The van der Waals surface area contributed by atoms with Gasteiger partial charge < -0.3 is 15.9 Å². The molecule has 0 aliphatic heterocycles. The van der Waals surface area contributed by atoms with Crippen molar-refractivity contribution in [3.8, 4) is 11.6 Å². The number of hydrogen-bond donors (Lipinski definition) is 3. The first kappa shape index (κ1) is 5.68. The minimum Gasteiger partial charge on any atom is -0.508 e. The fraction of sp³-hybridized carbons (Fsp3) is 0. The van der Waals surface area contributed by atoms with Crippen molar-refractivity contribution < 1.29 is 10.2 Å². The van der Waals surface area contributed by atoms with Crippen molar-refractivity contribution in [2.45, 2.75) is 0 Å². The molecule has 0 aromatic carbocycles. The predicted molar refractivity (Wildman–Crippen MR) is 32.0 cm³/mol. The number of aromatic nitrogens is 1. The molecule has 1 aromatic heterocycles. The molecule has 0 atom stereocenters. The number of nitrogen functional groups attached to an aromatic ring is 1. The van der Waals surface area contributed by atoms with Gasteiger partial charge in [-0.1, -0.05) is 0 Å². The second kappa shape index (κ2) is 1.81. The van der Waals surface area contributed by atoms with Crippen LogP contribution in [0.1, 0.15) is 0 Å². The van der Waals surface area contributed by atoms with Crippen LogP contribution in [0.3, 0.4) is 0 Å². The van der Waals surface area contributed by atoms with Gasteiger partial charge in [-0.3, -0.25) is 0 Å². The van der Waals surface area contributed by atoms with E-state index >= 15 is 0 Å². The fourth-order valence-corrected chi connectivity index (χ4v) is 0.522. The summed E-state index contributed by atoms with van der Waals surface area (Å²) in [7, 11) is 0. The Labute approximate surface area is 51.6 Å². The molecule has 1 rings (SSSR count). The molecule has 4 N–H and O–H groups in total. The number of hydrogen-bond acceptors (Lipinski definition) is 4. The lowest BCUT2D eigenvalue weighted by Crippen LogP contribution is -1.87. The summed E-state index contributed by atoms with van der Waals surface area (Å²) >= 11 is 0. The van der Waals surface area contributed by atoms with E-state index in [4.69, 9.17) is 15.9 Å². The molecule has 0 aliphatic rings. The van der Waals surface area contributed by atoms with Crippen LogP contribution in [0.5, 0.6) is 11.6 Å². The van der Waals surface area contributed by atoms with E-state index in [0.29, 0.717) is 0 Å². The molecule has 48 valence electrons. The number of nitrogens with zero attached hydrogens (tertiary/aromatic N) is 1. The minimum atomic E-state index is -0.271. The summed E-state index contributed by atoms with van der Waals surface area (Å²) in [6, 6.07) is 2.36. The topological polar surface area (TPSA) is 79.4 Å². The molecule has 4 nitrogen and oxygen atoms in total. The molecule has 0 spiro atoms. The summed E-state index contributed by atoms with van der Waals surface area (Å²) in [5.74, 6) is -0.250. The molecule has 0 saturated heterocycles. The van der Waals surface area contributed by atoms with Gasteiger partial charge in [-0.05, 0) is 0 Å². The van der Waals surface area contributed by atoms with Crippen molar-refractivity contribution in [1.82, 2.24) is 4.98 Å². The summed E-state index contributed by atoms with van der Waals surface area (Å²) in [5.41, 5.74) is 5.13. The van der Waals surface area contributed by atoms with E-state index in [0.717, 1.165) is 6.07 Å². The van der Waals surface area contributed by atoms with Crippen LogP contribution in [0.25, 0.3) is 0 Å². The molecule has 0 aliphatic carbocycles. The molecule has 0 saturated carbocycles. The van der Waals surface area contributed by atoms with Crippen LogP contribution < -0.4 is 5.73 Å². The third kappa shape index (κ3) is 1.22. The van der Waals surface area contributed by atoms with Gasteiger partial charge in [0.1, 0.15) is 11.6 Å². The minimum absolute atomic E-state index is 0.0833. The first-order valence-corrected chi connectivity index (χ1v) is 2.34. The Kier molecular flexibility index (Phi) is 1.14. The second-order valence-corrected chi connectivity index (χ2v) is 1.61. The number of nitrogens with two attached hydrogens (primary N) is 1. The maximum absolute atomic E-state index is 8.71. The highest BCUT2D eigenvalue weighted by molar-refractivity contribution is 5.39. The lowest BCUT2D eigenvalue weighted by atomic mass is 10.4. The normalized spacial score (nSPS) is 9.33. The van der Waals surface area contributed by atoms with E-state index in [1.165, 1.54) is 6.07 Å². The van der Waals surface area contributed by atoms with Crippen molar-refractivity contribution in [1.29, 1.82) is 0 Å². The van der Waals surface area contributed by atoms with Gasteiger partial charge in [0.15, 0.2) is 0 Å². The standard InChI is InChI=1S/C5H6N2O2/c6-4-1-3(8)2-5(9)7-4/h1-2H,(H4,6,7,8,9). The number of anilines is 1. The van der Waals surface area contributed by atoms with Crippen molar-refractivity contribution in [2.75, 3.05) is 5.73 Å². The Balaban J connectivity index is 3.17. The Morgan fingerprint density at radius 1 is 1.33 bits per heavy atom. The van der Waals surface area contributed by atoms with Gasteiger partial charge in [-0.25, -0.2) is 0 Å². The third-order valence-corrected chi connectivity index (χ3v) is 0.816.